The first-order valence-electron chi connectivity index (χ1n) is 8.80. The molecule has 0 saturated carbocycles. The second kappa shape index (κ2) is 6.93. The molecule has 2 atom stereocenters. The van der Waals surface area contributed by atoms with Crippen molar-refractivity contribution in [2.75, 3.05) is 31.1 Å². The standard InChI is InChI=1S/C18H23N5O2/c1-14(18(24)23-7-6-15-4-2-3-5-17(15)23)21-8-9-25-16(10-21)11-22-13-19-12-20-22/h2-5,12-14,16H,6-11H2,1H3/t14-,16-/m0/s1. The minimum atomic E-state index is -0.159. The fraction of sp³-hybridized carbons (Fsp3) is 0.500. The molecule has 0 bridgehead atoms. The van der Waals surface area contributed by atoms with E-state index in [1.165, 1.54) is 11.9 Å². The van der Waals surface area contributed by atoms with Crippen LogP contribution < -0.4 is 4.90 Å². The smallest absolute Gasteiger partial charge is 0.244 e. The molecule has 2 aliphatic heterocycles. The van der Waals surface area contributed by atoms with Crippen molar-refractivity contribution in [3.63, 3.8) is 0 Å². The maximum absolute atomic E-state index is 13.0. The third kappa shape index (κ3) is 3.29. The lowest BCUT2D eigenvalue weighted by atomic mass is 10.1. The van der Waals surface area contributed by atoms with E-state index in [2.05, 4.69) is 21.0 Å². The number of carbonyl (C=O) groups is 1. The van der Waals surface area contributed by atoms with Gasteiger partial charge in [-0.25, -0.2) is 4.98 Å². The molecule has 7 heteroatoms. The third-order valence-corrected chi connectivity index (χ3v) is 5.09. The van der Waals surface area contributed by atoms with Crippen molar-refractivity contribution in [3.05, 3.63) is 42.5 Å². The summed E-state index contributed by atoms with van der Waals surface area (Å²) >= 11 is 0. The highest BCUT2D eigenvalue weighted by atomic mass is 16.5. The minimum absolute atomic E-state index is 0.0246. The van der Waals surface area contributed by atoms with Gasteiger partial charge in [0.1, 0.15) is 12.7 Å². The van der Waals surface area contributed by atoms with Crippen LogP contribution in [0.15, 0.2) is 36.9 Å². The van der Waals surface area contributed by atoms with E-state index in [-0.39, 0.29) is 18.1 Å². The van der Waals surface area contributed by atoms with Crippen LogP contribution in [-0.2, 0) is 22.5 Å². The second-order valence-electron chi connectivity index (χ2n) is 6.65. The molecule has 7 nitrogen and oxygen atoms in total. The highest BCUT2D eigenvalue weighted by molar-refractivity contribution is 5.98. The van der Waals surface area contributed by atoms with Crippen molar-refractivity contribution in [2.24, 2.45) is 0 Å². The van der Waals surface area contributed by atoms with Crippen LogP contribution in [0.4, 0.5) is 5.69 Å². The van der Waals surface area contributed by atoms with E-state index in [9.17, 15) is 4.79 Å². The molecule has 0 radical (unpaired) electrons. The predicted octanol–water partition coefficient (Wildman–Crippen LogP) is 0.957. The maximum Gasteiger partial charge on any atom is 0.244 e. The van der Waals surface area contributed by atoms with Gasteiger partial charge < -0.3 is 9.64 Å². The predicted molar refractivity (Wildman–Crippen MR) is 93.3 cm³/mol. The molecule has 1 amide bonds. The molecule has 0 N–H and O–H groups in total. The van der Waals surface area contributed by atoms with Crippen molar-refractivity contribution in [3.8, 4) is 0 Å². The zero-order valence-electron chi connectivity index (χ0n) is 14.4. The molecule has 1 saturated heterocycles. The zero-order valence-corrected chi connectivity index (χ0v) is 14.4. The topological polar surface area (TPSA) is 63.5 Å². The highest BCUT2D eigenvalue weighted by Crippen LogP contribution is 2.28. The number of morpholine rings is 1. The Balaban J connectivity index is 1.42. The molecule has 25 heavy (non-hydrogen) atoms. The average Bonchev–Trinajstić information content (AvgIpc) is 3.30. The van der Waals surface area contributed by atoms with E-state index >= 15 is 0 Å². The van der Waals surface area contributed by atoms with Gasteiger partial charge in [0.25, 0.3) is 0 Å². The lowest BCUT2D eigenvalue weighted by Crippen LogP contribution is -2.53. The van der Waals surface area contributed by atoms with Crippen LogP contribution in [0, 0.1) is 0 Å². The number of ether oxygens (including phenoxy) is 1. The average molecular weight is 341 g/mol. The number of aromatic nitrogens is 3. The summed E-state index contributed by atoms with van der Waals surface area (Å²) < 4.78 is 7.61. The Morgan fingerprint density at radius 1 is 1.36 bits per heavy atom. The largest absolute Gasteiger partial charge is 0.374 e. The molecule has 2 aromatic rings. The van der Waals surface area contributed by atoms with Crippen molar-refractivity contribution < 1.29 is 9.53 Å². The Kier molecular flexibility index (Phi) is 4.50. The summed E-state index contributed by atoms with van der Waals surface area (Å²) in [4.78, 5) is 21.2. The minimum Gasteiger partial charge on any atom is -0.374 e. The molecule has 2 aliphatic rings. The van der Waals surface area contributed by atoms with Gasteiger partial charge in [0.15, 0.2) is 0 Å². The molecular weight excluding hydrogens is 318 g/mol. The number of hydrogen-bond donors (Lipinski definition) is 0. The molecule has 1 aromatic carbocycles. The molecule has 3 heterocycles. The van der Waals surface area contributed by atoms with Crippen LogP contribution in [0.2, 0.25) is 0 Å². The first-order chi connectivity index (χ1) is 12.2. The maximum atomic E-state index is 13.0. The number of fused-ring (bicyclic) bond motifs is 1. The van der Waals surface area contributed by atoms with Gasteiger partial charge >= 0.3 is 0 Å². The van der Waals surface area contributed by atoms with Gasteiger partial charge in [-0.2, -0.15) is 5.10 Å². The van der Waals surface area contributed by atoms with Gasteiger partial charge in [0.2, 0.25) is 5.91 Å². The lowest BCUT2D eigenvalue weighted by Gasteiger charge is -2.37. The Bertz CT molecular complexity index is 733. The Morgan fingerprint density at radius 3 is 3.08 bits per heavy atom. The molecule has 0 spiro atoms. The zero-order chi connectivity index (χ0) is 17.2. The number of anilines is 1. The quantitative estimate of drug-likeness (QED) is 0.829. The van der Waals surface area contributed by atoms with E-state index < -0.39 is 0 Å². The summed E-state index contributed by atoms with van der Waals surface area (Å²) in [6.07, 6.45) is 4.18. The van der Waals surface area contributed by atoms with E-state index in [4.69, 9.17) is 4.74 Å². The molecule has 132 valence electrons. The number of para-hydroxylation sites is 1. The van der Waals surface area contributed by atoms with E-state index in [1.807, 2.05) is 30.0 Å². The summed E-state index contributed by atoms with van der Waals surface area (Å²) in [7, 11) is 0. The van der Waals surface area contributed by atoms with Crippen molar-refractivity contribution >= 4 is 11.6 Å². The second-order valence-corrected chi connectivity index (χ2v) is 6.65. The fourth-order valence-electron chi connectivity index (χ4n) is 3.69. The van der Waals surface area contributed by atoms with Gasteiger partial charge in [-0.05, 0) is 25.0 Å². The molecule has 0 aliphatic carbocycles. The van der Waals surface area contributed by atoms with Gasteiger partial charge in [-0.15, -0.1) is 0 Å². The number of carbonyl (C=O) groups excluding carboxylic acids is 1. The molecule has 1 aromatic heterocycles. The first-order valence-corrected chi connectivity index (χ1v) is 8.80. The van der Waals surface area contributed by atoms with Crippen molar-refractivity contribution in [1.29, 1.82) is 0 Å². The third-order valence-electron chi connectivity index (χ3n) is 5.09. The summed E-state index contributed by atoms with van der Waals surface area (Å²) in [5.41, 5.74) is 2.32. The summed E-state index contributed by atoms with van der Waals surface area (Å²) in [5.74, 6) is 0.173. The number of rotatable bonds is 4. The van der Waals surface area contributed by atoms with Gasteiger partial charge in [-0.1, -0.05) is 18.2 Å². The molecule has 0 unspecified atom stereocenters. The summed E-state index contributed by atoms with van der Waals surface area (Å²) in [6, 6.07) is 8.02. The number of amides is 1. The van der Waals surface area contributed by atoms with Crippen LogP contribution >= 0.6 is 0 Å². The van der Waals surface area contributed by atoms with Crippen LogP contribution in [0.1, 0.15) is 12.5 Å². The SMILES string of the molecule is C[C@@H](C(=O)N1CCc2ccccc21)N1CCO[C@H](Cn2cncn2)C1. The Hall–Kier alpha value is -2.25. The normalized spacial score (nSPS) is 22.0. The Morgan fingerprint density at radius 2 is 2.24 bits per heavy atom. The van der Waals surface area contributed by atoms with Crippen molar-refractivity contribution in [2.45, 2.75) is 32.0 Å². The monoisotopic (exact) mass is 341 g/mol. The van der Waals surface area contributed by atoms with E-state index in [0.29, 0.717) is 13.2 Å². The number of hydrogen-bond acceptors (Lipinski definition) is 5. The van der Waals surface area contributed by atoms with Gasteiger partial charge in [0, 0.05) is 25.3 Å². The van der Waals surface area contributed by atoms with Crippen LogP contribution in [0.5, 0.6) is 0 Å². The molecule has 1 fully saturated rings. The Labute approximate surface area is 147 Å². The van der Waals surface area contributed by atoms with Crippen LogP contribution in [0.3, 0.4) is 0 Å². The van der Waals surface area contributed by atoms with Crippen LogP contribution in [-0.4, -0.2) is 64.0 Å². The first kappa shape index (κ1) is 16.2. The van der Waals surface area contributed by atoms with Gasteiger partial charge in [0.05, 0.1) is 25.3 Å². The van der Waals surface area contributed by atoms with Gasteiger partial charge in [-0.3, -0.25) is 14.4 Å². The van der Waals surface area contributed by atoms with E-state index in [0.717, 1.165) is 31.7 Å². The van der Waals surface area contributed by atoms with Crippen LogP contribution in [0.25, 0.3) is 0 Å². The fourth-order valence-corrected chi connectivity index (χ4v) is 3.69. The number of nitrogens with zero attached hydrogens (tertiary/aromatic N) is 5. The summed E-state index contributed by atoms with van der Waals surface area (Å²) in [5, 5.41) is 4.14. The summed E-state index contributed by atoms with van der Waals surface area (Å²) in [6.45, 7) is 5.56. The highest BCUT2D eigenvalue weighted by Gasteiger charge is 2.33. The lowest BCUT2D eigenvalue weighted by molar-refractivity contribution is -0.126. The van der Waals surface area contributed by atoms with Crippen molar-refractivity contribution in [1.82, 2.24) is 19.7 Å². The number of benzene rings is 1. The molecule has 4 rings (SSSR count). The van der Waals surface area contributed by atoms with E-state index in [1.54, 1.807) is 11.0 Å². The molecular formula is C18H23N5O2.